The number of carbonyl (C=O) groups excluding carboxylic acids is 1. The number of hydrogen-bond acceptors (Lipinski definition) is 6. The number of ketones is 1. The first kappa shape index (κ1) is 20.3. The maximum Gasteiger partial charge on any atom is 0.235 e. The molecule has 0 radical (unpaired) electrons. The average molecular weight is 437 g/mol. The fraction of sp³-hybridized carbons (Fsp3) is 0.115. The Morgan fingerprint density at radius 2 is 2.00 bits per heavy atom. The molecule has 0 saturated carbocycles. The lowest BCUT2D eigenvalue weighted by Gasteiger charge is -2.11. The van der Waals surface area contributed by atoms with Crippen LogP contribution < -0.4 is 4.74 Å². The molecule has 33 heavy (non-hydrogen) atoms. The first-order chi connectivity index (χ1) is 16.1. The number of carbonyl (C=O) groups is 1. The number of allylic oxidation sites excluding steroid dienone is 1. The molecule has 1 aliphatic heterocycles. The Kier molecular flexibility index (Phi) is 5.04. The molecule has 0 unspecified atom stereocenters. The van der Waals surface area contributed by atoms with Crippen LogP contribution in [0, 0.1) is 11.3 Å². The predicted octanol–water partition coefficient (Wildman–Crippen LogP) is 5.03. The summed E-state index contributed by atoms with van der Waals surface area (Å²) in [7, 11) is 0. The number of unbranched alkanes of at least 4 members (excludes halogenated alkanes) is 1. The van der Waals surface area contributed by atoms with Gasteiger partial charge in [-0.25, -0.2) is 0 Å². The van der Waals surface area contributed by atoms with Gasteiger partial charge < -0.3 is 19.5 Å². The number of rotatable bonds is 5. The molecule has 7 nitrogen and oxygen atoms in total. The first-order valence-electron chi connectivity index (χ1n) is 10.5. The maximum atomic E-state index is 13.0. The molecule has 4 aromatic rings. The SMILES string of the molecule is N#CCCCn1c(-c2cccnc2)c(C=C2Oc3cc(O)cc(O)c3C2=O)c2ccccc21. The standard InChI is InChI=1S/C26H19N3O4/c27-9-3-4-11-29-20-8-2-1-7-18(20)19(25(29)16-6-5-10-28-15-16)14-23-26(32)24-21(31)12-17(30)13-22(24)33-23/h1-2,5-8,10,12-15,30-31H,3-4,11H2. The molecule has 5 rings (SSSR count). The highest BCUT2D eigenvalue weighted by molar-refractivity contribution is 6.17. The molecule has 162 valence electrons. The van der Waals surface area contributed by atoms with E-state index in [1.165, 1.54) is 6.07 Å². The lowest BCUT2D eigenvalue weighted by Crippen LogP contribution is -2.02. The summed E-state index contributed by atoms with van der Waals surface area (Å²) in [6.45, 7) is 0.616. The Bertz CT molecular complexity index is 1460. The Morgan fingerprint density at radius 1 is 1.15 bits per heavy atom. The number of fused-ring (bicyclic) bond motifs is 2. The van der Waals surface area contributed by atoms with Crippen LogP contribution in [0.25, 0.3) is 28.2 Å². The average Bonchev–Trinajstić information content (AvgIpc) is 3.29. The summed E-state index contributed by atoms with van der Waals surface area (Å²) < 4.78 is 7.89. The van der Waals surface area contributed by atoms with Gasteiger partial charge in [-0.05, 0) is 30.7 Å². The van der Waals surface area contributed by atoms with E-state index < -0.39 is 5.78 Å². The second kappa shape index (κ2) is 8.17. The molecule has 0 atom stereocenters. The normalized spacial score (nSPS) is 13.8. The Morgan fingerprint density at radius 3 is 2.79 bits per heavy atom. The molecule has 7 heteroatoms. The monoisotopic (exact) mass is 437 g/mol. The van der Waals surface area contributed by atoms with Crippen molar-refractivity contribution in [3.63, 3.8) is 0 Å². The van der Waals surface area contributed by atoms with Gasteiger partial charge in [-0.3, -0.25) is 9.78 Å². The van der Waals surface area contributed by atoms with Crippen molar-refractivity contribution in [2.45, 2.75) is 19.4 Å². The van der Waals surface area contributed by atoms with E-state index in [4.69, 9.17) is 10.00 Å². The second-order valence-corrected chi connectivity index (χ2v) is 7.71. The number of nitrogens with zero attached hydrogens (tertiary/aromatic N) is 3. The van der Waals surface area contributed by atoms with Crippen molar-refractivity contribution in [1.29, 1.82) is 5.26 Å². The maximum absolute atomic E-state index is 13.0. The summed E-state index contributed by atoms with van der Waals surface area (Å²) in [6, 6.07) is 16.2. The lowest BCUT2D eigenvalue weighted by atomic mass is 10.0. The van der Waals surface area contributed by atoms with Crippen molar-refractivity contribution < 1.29 is 19.7 Å². The third kappa shape index (κ3) is 3.48. The fourth-order valence-corrected chi connectivity index (χ4v) is 4.25. The van der Waals surface area contributed by atoms with Gasteiger partial charge in [0.1, 0.15) is 22.8 Å². The van der Waals surface area contributed by atoms with Gasteiger partial charge in [-0.15, -0.1) is 0 Å². The van der Waals surface area contributed by atoms with Crippen LogP contribution in [-0.2, 0) is 6.54 Å². The number of para-hydroxylation sites is 1. The zero-order valence-electron chi connectivity index (χ0n) is 17.5. The third-order valence-electron chi connectivity index (χ3n) is 5.63. The van der Waals surface area contributed by atoms with Gasteiger partial charge >= 0.3 is 0 Å². The van der Waals surface area contributed by atoms with Crippen LogP contribution in [0.1, 0.15) is 28.8 Å². The van der Waals surface area contributed by atoms with Gasteiger partial charge in [0.25, 0.3) is 0 Å². The number of phenols is 2. The Hall–Kier alpha value is -4.57. The molecule has 1 aliphatic rings. The minimum Gasteiger partial charge on any atom is -0.508 e. The molecular formula is C26H19N3O4. The van der Waals surface area contributed by atoms with Gasteiger partial charge in [0, 0.05) is 59.5 Å². The summed E-state index contributed by atoms with van der Waals surface area (Å²) >= 11 is 0. The number of aromatic hydroxyl groups is 2. The zero-order chi connectivity index (χ0) is 22.9. The molecule has 0 fully saturated rings. The van der Waals surface area contributed by atoms with Crippen LogP contribution in [-0.4, -0.2) is 25.5 Å². The number of benzene rings is 2. The second-order valence-electron chi connectivity index (χ2n) is 7.71. The molecular weight excluding hydrogens is 418 g/mol. The van der Waals surface area contributed by atoms with Crippen LogP contribution in [0.2, 0.25) is 0 Å². The van der Waals surface area contributed by atoms with Gasteiger partial charge in [-0.1, -0.05) is 18.2 Å². The summed E-state index contributed by atoms with van der Waals surface area (Å²) in [5.41, 5.74) is 3.48. The number of phenolic OH excluding ortho intramolecular Hbond substituents is 2. The minimum absolute atomic E-state index is 0.0275. The number of hydrogen-bond donors (Lipinski definition) is 2. The lowest BCUT2D eigenvalue weighted by molar-refractivity contribution is 0.101. The number of aromatic nitrogens is 2. The van der Waals surface area contributed by atoms with Crippen LogP contribution in [0.5, 0.6) is 17.2 Å². The van der Waals surface area contributed by atoms with Crippen molar-refractivity contribution in [2.24, 2.45) is 0 Å². The van der Waals surface area contributed by atoms with Crippen LogP contribution in [0.4, 0.5) is 0 Å². The summed E-state index contributed by atoms with van der Waals surface area (Å²) in [4.78, 5) is 17.3. The topological polar surface area (TPSA) is 108 Å². The first-order valence-corrected chi connectivity index (χ1v) is 10.5. The van der Waals surface area contributed by atoms with Crippen LogP contribution in [0.15, 0.2) is 66.7 Å². The molecule has 0 bridgehead atoms. The minimum atomic E-state index is -0.457. The van der Waals surface area contributed by atoms with Gasteiger partial charge in [0.15, 0.2) is 5.76 Å². The summed E-state index contributed by atoms with van der Waals surface area (Å²) in [5, 5.41) is 29.9. The Labute approximate surface area is 189 Å². The quantitative estimate of drug-likeness (QED) is 0.335. The molecule has 0 aliphatic carbocycles. The highest BCUT2D eigenvalue weighted by atomic mass is 16.5. The third-order valence-corrected chi connectivity index (χ3v) is 5.63. The number of pyridine rings is 1. The molecule has 0 spiro atoms. The highest BCUT2D eigenvalue weighted by Crippen LogP contribution is 2.42. The van der Waals surface area contributed by atoms with Crippen molar-refractivity contribution in [3.8, 4) is 34.6 Å². The molecule has 2 aromatic carbocycles. The van der Waals surface area contributed by atoms with E-state index in [0.717, 1.165) is 33.8 Å². The van der Waals surface area contributed by atoms with E-state index >= 15 is 0 Å². The van der Waals surface area contributed by atoms with Crippen molar-refractivity contribution in [3.05, 3.63) is 77.8 Å². The van der Waals surface area contributed by atoms with Crippen LogP contribution >= 0.6 is 0 Å². The van der Waals surface area contributed by atoms with Crippen molar-refractivity contribution >= 4 is 22.8 Å². The van der Waals surface area contributed by atoms with E-state index in [2.05, 4.69) is 15.6 Å². The Balaban J connectivity index is 1.73. The number of ether oxygens (including phenoxy) is 1. The smallest absolute Gasteiger partial charge is 0.235 e. The van der Waals surface area contributed by atoms with Gasteiger partial charge in [0.05, 0.1) is 11.8 Å². The van der Waals surface area contributed by atoms with E-state index in [1.807, 2.05) is 36.4 Å². The summed E-state index contributed by atoms with van der Waals surface area (Å²) in [6.07, 6.45) is 6.22. The van der Waals surface area contributed by atoms with E-state index in [1.54, 1.807) is 18.5 Å². The number of Topliss-reactive ketones (excluding diaryl/α,β-unsaturated/α-hetero) is 1. The van der Waals surface area contributed by atoms with E-state index in [9.17, 15) is 15.0 Å². The molecule has 0 amide bonds. The molecule has 2 aromatic heterocycles. The van der Waals surface area contributed by atoms with E-state index in [-0.39, 0.29) is 28.6 Å². The van der Waals surface area contributed by atoms with Crippen LogP contribution in [0.3, 0.4) is 0 Å². The fourth-order valence-electron chi connectivity index (χ4n) is 4.25. The highest BCUT2D eigenvalue weighted by Gasteiger charge is 2.32. The van der Waals surface area contributed by atoms with Crippen molar-refractivity contribution in [1.82, 2.24) is 9.55 Å². The predicted molar refractivity (Wildman–Crippen MR) is 123 cm³/mol. The van der Waals surface area contributed by atoms with Gasteiger partial charge in [-0.2, -0.15) is 5.26 Å². The molecule has 0 saturated heterocycles. The molecule has 2 N–H and O–H groups in total. The number of aryl methyl sites for hydroxylation is 1. The van der Waals surface area contributed by atoms with Gasteiger partial charge in [0.2, 0.25) is 5.78 Å². The largest absolute Gasteiger partial charge is 0.508 e. The summed E-state index contributed by atoms with van der Waals surface area (Å²) in [5.74, 6) is -0.809. The van der Waals surface area contributed by atoms with E-state index in [0.29, 0.717) is 19.4 Å². The number of nitriles is 1. The zero-order valence-corrected chi connectivity index (χ0v) is 17.5. The molecule has 3 heterocycles. The van der Waals surface area contributed by atoms with Crippen molar-refractivity contribution in [2.75, 3.05) is 0 Å².